The minimum Gasteiger partial charge on any atom is -0.401 e. The number of hydrazone groups is 1. The molecule has 0 amide bonds. The molecule has 0 fully saturated rings. The van der Waals surface area contributed by atoms with E-state index < -0.39 is 10.8 Å². The second-order valence-corrected chi connectivity index (χ2v) is 6.56. The number of hydrogen-bond donors (Lipinski definition) is 1. The average Bonchev–Trinajstić information content (AvgIpc) is 3.15. The standard InChI is InChI=1S/C16H16N8O3/c1-9-7-16(2,3)23(22-9)15-20-13(19-14(18)21-15)10(8-17)6-11-4-5-12(27-11)24(25)26/h4-6H,7H2,1-3H3,(H2,18,19,20,21)/b10-6+. The number of nitrogen functional groups attached to an aromatic ring is 1. The molecule has 0 saturated heterocycles. The van der Waals surface area contributed by atoms with Gasteiger partial charge in [-0.25, -0.2) is 5.01 Å². The van der Waals surface area contributed by atoms with E-state index in [0.717, 1.165) is 12.1 Å². The summed E-state index contributed by atoms with van der Waals surface area (Å²) in [6, 6.07) is 4.51. The minimum atomic E-state index is -0.668. The number of nitro groups is 1. The molecule has 27 heavy (non-hydrogen) atoms. The van der Waals surface area contributed by atoms with Gasteiger partial charge in [0.05, 0.1) is 11.6 Å². The van der Waals surface area contributed by atoms with Gasteiger partial charge in [-0.15, -0.1) is 0 Å². The molecule has 138 valence electrons. The Bertz CT molecular complexity index is 1010. The Morgan fingerprint density at radius 1 is 1.44 bits per heavy atom. The minimum absolute atomic E-state index is 0.0207. The van der Waals surface area contributed by atoms with Gasteiger partial charge >= 0.3 is 5.88 Å². The highest BCUT2D eigenvalue weighted by atomic mass is 16.6. The fraction of sp³-hybridized carbons (Fsp3) is 0.312. The van der Waals surface area contributed by atoms with Gasteiger partial charge in [-0.3, -0.25) is 10.1 Å². The molecule has 0 saturated carbocycles. The van der Waals surface area contributed by atoms with Crippen LogP contribution in [0.1, 0.15) is 38.8 Å². The summed E-state index contributed by atoms with van der Waals surface area (Å²) < 4.78 is 5.05. The summed E-state index contributed by atoms with van der Waals surface area (Å²) in [7, 11) is 0. The lowest BCUT2D eigenvalue weighted by Crippen LogP contribution is -2.37. The molecular weight excluding hydrogens is 352 g/mol. The van der Waals surface area contributed by atoms with Crippen LogP contribution >= 0.6 is 0 Å². The van der Waals surface area contributed by atoms with Crippen molar-refractivity contribution in [3.05, 3.63) is 33.8 Å². The first-order valence-electron chi connectivity index (χ1n) is 7.92. The molecule has 11 heteroatoms. The van der Waals surface area contributed by atoms with Crippen molar-refractivity contribution in [2.24, 2.45) is 5.10 Å². The van der Waals surface area contributed by atoms with Crippen molar-refractivity contribution in [1.29, 1.82) is 5.26 Å². The molecule has 0 bridgehead atoms. The van der Waals surface area contributed by atoms with E-state index in [4.69, 9.17) is 10.2 Å². The van der Waals surface area contributed by atoms with Gasteiger partial charge in [0.1, 0.15) is 22.3 Å². The molecule has 0 spiro atoms. The van der Waals surface area contributed by atoms with Gasteiger partial charge in [-0.05, 0) is 26.8 Å². The van der Waals surface area contributed by atoms with E-state index >= 15 is 0 Å². The first kappa shape index (κ1) is 18.0. The smallest absolute Gasteiger partial charge is 0.401 e. The van der Waals surface area contributed by atoms with Crippen molar-refractivity contribution < 1.29 is 9.34 Å². The van der Waals surface area contributed by atoms with E-state index in [-0.39, 0.29) is 34.6 Å². The normalized spacial score (nSPS) is 16.1. The molecule has 2 aromatic heterocycles. The maximum atomic E-state index is 10.7. The first-order chi connectivity index (χ1) is 12.7. The Morgan fingerprint density at radius 2 is 2.19 bits per heavy atom. The van der Waals surface area contributed by atoms with Crippen LogP contribution < -0.4 is 10.7 Å². The summed E-state index contributed by atoms with van der Waals surface area (Å²) in [5, 5.41) is 26.3. The first-order valence-corrected chi connectivity index (χ1v) is 7.92. The van der Waals surface area contributed by atoms with Crippen LogP contribution in [-0.4, -0.2) is 31.1 Å². The van der Waals surface area contributed by atoms with Crippen LogP contribution in [0.15, 0.2) is 21.7 Å². The van der Waals surface area contributed by atoms with Crippen molar-refractivity contribution in [2.45, 2.75) is 32.7 Å². The van der Waals surface area contributed by atoms with Crippen LogP contribution in [0.5, 0.6) is 0 Å². The molecule has 1 aliphatic rings. The third kappa shape index (κ3) is 3.59. The molecular formula is C16H16N8O3. The van der Waals surface area contributed by atoms with Crippen LogP contribution in [0, 0.1) is 21.4 Å². The molecule has 0 radical (unpaired) electrons. The highest BCUT2D eigenvalue weighted by molar-refractivity contribution is 5.88. The third-order valence-corrected chi connectivity index (χ3v) is 3.80. The number of rotatable bonds is 4. The summed E-state index contributed by atoms with van der Waals surface area (Å²) in [5.74, 6) is -0.148. The average molecular weight is 368 g/mol. The largest absolute Gasteiger partial charge is 0.433 e. The summed E-state index contributed by atoms with van der Waals surface area (Å²) >= 11 is 0. The number of allylic oxidation sites excluding steroid dienone is 1. The number of anilines is 2. The number of nitrogens with zero attached hydrogens (tertiary/aromatic N) is 7. The lowest BCUT2D eigenvalue weighted by atomic mass is 9.99. The Hall–Kier alpha value is -3.81. The highest BCUT2D eigenvalue weighted by Crippen LogP contribution is 2.31. The summed E-state index contributed by atoms with van der Waals surface area (Å²) in [4.78, 5) is 22.5. The Labute approximate surface area is 154 Å². The predicted molar refractivity (Wildman–Crippen MR) is 97.4 cm³/mol. The maximum absolute atomic E-state index is 10.7. The highest BCUT2D eigenvalue weighted by Gasteiger charge is 2.35. The van der Waals surface area contributed by atoms with Gasteiger partial charge in [0.15, 0.2) is 5.82 Å². The van der Waals surface area contributed by atoms with Gasteiger partial charge in [-0.1, -0.05) is 0 Å². The number of aromatic nitrogens is 3. The molecule has 0 unspecified atom stereocenters. The van der Waals surface area contributed by atoms with E-state index in [0.29, 0.717) is 0 Å². The van der Waals surface area contributed by atoms with Crippen molar-refractivity contribution >= 4 is 35.1 Å². The Kier molecular flexibility index (Phi) is 4.32. The van der Waals surface area contributed by atoms with Crippen LogP contribution in [0.4, 0.5) is 17.8 Å². The third-order valence-electron chi connectivity index (χ3n) is 3.80. The number of nitrogens with two attached hydrogens (primary N) is 1. The van der Waals surface area contributed by atoms with E-state index in [1.165, 1.54) is 18.2 Å². The predicted octanol–water partition coefficient (Wildman–Crippen LogP) is 2.38. The number of nitriles is 1. The second kappa shape index (κ2) is 6.49. The van der Waals surface area contributed by atoms with Crippen molar-refractivity contribution in [1.82, 2.24) is 15.0 Å². The molecule has 2 N–H and O–H groups in total. The topological polar surface area (TPSA) is 160 Å². The summed E-state index contributed by atoms with van der Waals surface area (Å²) in [6.45, 7) is 5.86. The van der Waals surface area contributed by atoms with E-state index in [1.807, 2.05) is 26.8 Å². The van der Waals surface area contributed by atoms with Gasteiger partial charge in [0, 0.05) is 18.2 Å². The molecule has 2 aromatic rings. The summed E-state index contributed by atoms with van der Waals surface area (Å²) in [5.41, 5.74) is 6.38. The van der Waals surface area contributed by atoms with E-state index in [1.54, 1.807) is 5.01 Å². The van der Waals surface area contributed by atoms with Gasteiger partial charge in [0.25, 0.3) is 5.95 Å². The zero-order chi connectivity index (χ0) is 19.8. The Balaban J connectivity index is 2.03. The monoisotopic (exact) mass is 368 g/mol. The maximum Gasteiger partial charge on any atom is 0.433 e. The van der Waals surface area contributed by atoms with Gasteiger partial charge in [-0.2, -0.15) is 25.3 Å². The molecule has 0 aromatic carbocycles. The number of hydrogen-bond acceptors (Lipinski definition) is 10. The molecule has 0 aliphatic carbocycles. The molecule has 11 nitrogen and oxygen atoms in total. The fourth-order valence-corrected chi connectivity index (χ4v) is 2.76. The quantitative estimate of drug-likeness (QED) is 0.485. The van der Waals surface area contributed by atoms with Crippen LogP contribution in [0.3, 0.4) is 0 Å². The lowest BCUT2D eigenvalue weighted by Gasteiger charge is -2.28. The van der Waals surface area contributed by atoms with Crippen LogP contribution in [0.2, 0.25) is 0 Å². The zero-order valence-electron chi connectivity index (χ0n) is 14.9. The van der Waals surface area contributed by atoms with Crippen LogP contribution in [0.25, 0.3) is 11.6 Å². The van der Waals surface area contributed by atoms with E-state index in [2.05, 4.69) is 20.1 Å². The second-order valence-electron chi connectivity index (χ2n) is 6.56. The molecule has 3 heterocycles. The molecule has 3 rings (SSSR count). The lowest BCUT2D eigenvalue weighted by molar-refractivity contribution is -0.402. The van der Waals surface area contributed by atoms with E-state index in [9.17, 15) is 15.4 Å². The molecule has 0 atom stereocenters. The van der Waals surface area contributed by atoms with Crippen LogP contribution in [-0.2, 0) is 0 Å². The molecule has 1 aliphatic heterocycles. The SMILES string of the molecule is CC1=NN(c2nc(N)nc(/C(C#N)=C/c3ccc([N+](=O)[O-])o3)n2)C(C)(C)C1. The summed E-state index contributed by atoms with van der Waals surface area (Å²) in [6.07, 6.45) is 2.03. The van der Waals surface area contributed by atoms with Gasteiger partial charge < -0.3 is 10.2 Å². The fourth-order valence-electron chi connectivity index (χ4n) is 2.76. The van der Waals surface area contributed by atoms with Crippen molar-refractivity contribution in [3.63, 3.8) is 0 Å². The van der Waals surface area contributed by atoms with Crippen molar-refractivity contribution in [2.75, 3.05) is 10.7 Å². The number of furan rings is 1. The van der Waals surface area contributed by atoms with Gasteiger partial charge in [0.2, 0.25) is 5.95 Å². The Morgan fingerprint density at radius 3 is 2.74 bits per heavy atom. The zero-order valence-corrected chi connectivity index (χ0v) is 14.9. The van der Waals surface area contributed by atoms with Crippen molar-refractivity contribution in [3.8, 4) is 6.07 Å².